The molecule has 0 aromatic carbocycles. The van der Waals surface area contributed by atoms with Gasteiger partial charge in [0.25, 0.3) is 0 Å². The van der Waals surface area contributed by atoms with Crippen LogP contribution in [0.4, 0.5) is 0 Å². The average molecular weight is 293 g/mol. The molecule has 1 aliphatic rings. The van der Waals surface area contributed by atoms with Crippen LogP contribution < -0.4 is 11.1 Å². The first kappa shape index (κ1) is 18.2. The van der Waals surface area contributed by atoms with Crippen LogP contribution in [0, 0.1) is 5.92 Å². The summed E-state index contributed by atoms with van der Waals surface area (Å²) in [6.07, 6.45) is 3.63. The number of ether oxygens (including phenoxy) is 1. The smallest absolute Gasteiger partial charge is 0.308 e. The zero-order valence-corrected chi connectivity index (χ0v) is 12.5. The lowest BCUT2D eigenvalue weighted by molar-refractivity contribution is -0.149. The fraction of sp³-hybridized carbons (Fsp3) is 0.846. The van der Waals surface area contributed by atoms with Crippen molar-refractivity contribution < 1.29 is 14.3 Å². The van der Waals surface area contributed by atoms with E-state index in [1.54, 1.807) is 0 Å². The molecule has 3 N–H and O–H groups in total. The molecule has 1 saturated carbocycles. The second-order valence-corrected chi connectivity index (χ2v) is 5.05. The van der Waals surface area contributed by atoms with E-state index in [9.17, 15) is 9.59 Å². The third-order valence-corrected chi connectivity index (χ3v) is 3.22. The predicted octanol–water partition coefficient (Wildman–Crippen LogP) is 1.38. The van der Waals surface area contributed by atoms with Gasteiger partial charge in [0.05, 0.1) is 12.5 Å². The maximum atomic E-state index is 11.6. The van der Waals surface area contributed by atoms with E-state index < -0.39 is 0 Å². The minimum Gasteiger partial charge on any atom is -0.466 e. The van der Waals surface area contributed by atoms with Crippen molar-refractivity contribution in [3.63, 3.8) is 0 Å². The van der Waals surface area contributed by atoms with Gasteiger partial charge in [0.1, 0.15) is 0 Å². The molecule has 19 heavy (non-hydrogen) atoms. The topological polar surface area (TPSA) is 81.4 Å². The maximum absolute atomic E-state index is 11.6. The molecule has 1 amide bonds. The monoisotopic (exact) mass is 292 g/mol. The van der Waals surface area contributed by atoms with Crippen molar-refractivity contribution in [2.45, 2.75) is 58.0 Å². The molecule has 0 radical (unpaired) electrons. The number of hydrogen-bond donors (Lipinski definition) is 2. The average Bonchev–Trinajstić information content (AvgIpc) is 2.29. The summed E-state index contributed by atoms with van der Waals surface area (Å²) in [7, 11) is 0. The van der Waals surface area contributed by atoms with Gasteiger partial charge in [-0.2, -0.15) is 0 Å². The van der Waals surface area contributed by atoms with E-state index in [1.165, 1.54) is 0 Å². The summed E-state index contributed by atoms with van der Waals surface area (Å²) in [6.45, 7) is 4.07. The van der Waals surface area contributed by atoms with Crippen LogP contribution >= 0.6 is 12.4 Å². The molecular formula is C13H25ClN2O3. The maximum Gasteiger partial charge on any atom is 0.308 e. The fourth-order valence-corrected chi connectivity index (χ4v) is 2.31. The number of carbonyl (C=O) groups excluding carboxylic acids is 2. The highest BCUT2D eigenvalue weighted by molar-refractivity contribution is 5.85. The quantitative estimate of drug-likeness (QED) is 0.750. The molecule has 0 spiro atoms. The summed E-state index contributed by atoms with van der Waals surface area (Å²) in [6, 6.07) is 0.0720. The van der Waals surface area contributed by atoms with E-state index in [2.05, 4.69) is 5.32 Å². The van der Waals surface area contributed by atoms with E-state index in [0.29, 0.717) is 13.0 Å². The normalized spacial score (nSPS) is 23.9. The Morgan fingerprint density at radius 3 is 2.37 bits per heavy atom. The van der Waals surface area contributed by atoms with Crippen LogP contribution in [0.2, 0.25) is 0 Å². The van der Waals surface area contributed by atoms with E-state index >= 15 is 0 Å². The minimum absolute atomic E-state index is 0. The van der Waals surface area contributed by atoms with E-state index in [-0.39, 0.29) is 42.3 Å². The summed E-state index contributed by atoms with van der Waals surface area (Å²) < 4.78 is 5.01. The summed E-state index contributed by atoms with van der Waals surface area (Å²) >= 11 is 0. The lowest BCUT2D eigenvalue weighted by Crippen LogP contribution is -2.40. The first-order valence-corrected chi connectivity index (χ1v) is 6.74. The molecule has 5 nitrogen and oxygen atoms in total. The van der Waals surface area contributed by atoms with E-state index in [4.69, 9.17) is 10.5 Å². The molecule has 0 aliphatic heterocycles. The summed E-state index contributed by atoms with van der Waals surface area (Å²) in [5, 5.41) is 2.97. The molecule has 0 bridgehead atoms. The van der Waals surface area contributed by atoms with E-state index in [1.807, 2.05) is 13.8 Å². The summed E-state index contributed by atoms with van der Waals surface area (Å²) in [4.78, 5) is 23.1. The molecule has 0 aromatic rings. The first-order chi connectivity index (χ1) is 8.52. The Kier molecular flexibility index (Phi) is 8.76. The lowest BCUT2D eigenvalue weighted by atomic mass is 9.86. The largest absolute Gasteiger partial charge is 0.466 e. The molecule has 0 saturated heterocycles. The van der Waals surface area contributed by atoms with Crippen LogP contribution in [0.25, 0.3) is 0 Å². The summed E-state index contributed by atoms with van der Waals surface area (Å²) in [5.74, 6) is -0.0889. The van der Waals surface area contributed by atoms with Gasteiger partial charge in [-0.05, 0) is 39.5 Å². The Labute approximate surface area is 121 Å². The van der Waals surface area contributed by atoms with Gasteiger partial charge in [-0.3, -0.25) is 9.59 Å². The van der Waals surface area contributed by atoms with Gasteiger partial charge in [0.15, 0.2) is 0 Å². The number of halogens is 1. The molecule has 1 atom stereocenters. The molecule has 1 rings (SSSR count). The number of carbonyl (C=O) groups is 2. The Morgan fingerprint density at radius 2 is 1.89 bits per heavy atom. The molecule has 0 aromatic heterocycles. The van der Waals surface area contributed by atoms with Gasteiger partial charge in [-0.1, -0.05) is 0 Å². The Balaban J connectivity index is 0.00000324. The van der Waals surface area contributed by atoms with Gasteiger partial charge in [0, 0.05) is 18.5 Å². The Bertz CT molecular complexity index is 290. The highest BCUT2D eigenvalue weighted by Crippen LogP contribution is 2.25. The van der Waals surface area contributed by atoms with Crippen molar-refractivity contribution in [1.29, 1.82) is 0 Å². The SMILES string of the molecule is CCOC(=O)C1CCC(NC(=O)CC(C)N)CC1.Cl. The van der Waals surface area contributed by atoms with Gasteiger partial charge >= 0.3 is 5.97 Å². The van der Waals surface area contributed by atoms with Crippen LogP contribution in [-0.2, 0) is 14.3 Å². The lowest BCUT2D eigenvalue weighted by Gasteiger charge is -2.28. The fourth-order valence-electron chi connectivity index (χ4n) is 2.31. The van der Waals surface area contributed by atoms with Crippen LogP contribution in [0.5, 0.6) is 0 Å². The standard InChI is InChI=1S/C13H24N2O3.ClH/c1-3-18-13(17)10-4-6-11(7-5-10)15-12(16)8-9(2)14;/h9-11H,3-8,14H2,1-2H3,(H,15,16);1H. The molecule has 1 unspecified atom stereocenters. The number of esters is 1. The number of nitrogens with one attached hydrogen (secondary N) is 1. The van der Waals surface area contributed by atoms with Crippen molar-refractivity contribution in [2.24, 2.45) is 11.7 Å². The van der Waals surface area contributed by atoms with Crippen molar-refractivity contribution >= 4 is 24.3 Å². The molecule has 6 heteroatoms. The third-order valence-electron chi connectivity index (χ3n) is 3.22. The summed E-state index contributed by atoms with van der Waals surface area (Å²) in [5.41, 5.74) is 5.57. The number of nitrogens with two attached hydrogens (primary N) is 1. The van der Waals surface area contributed by atoms with Gasteiger partial charge in [0.2, 0.25) is 5.91 Å². The Morgan fingerprint density at radius 1 is 1.32 bits per heavy atom. The van der Waals surface area contributed by atoms with Gasteiger partial charge < -0.3 is 15.8 Å². The highest BCUT2D eigenvalue weighted by Gasteiger charge is 2.27. The molecule has 1 aliphatic carbocycles. The molecular weight excluding hydrogens is 268 g/mol. The first-order valence-electron chi connectivity index (χ1n) is 6.74. The third kappa shape index (κ3) is 6.78. The van der Waals surface area contributed by atoms with Crippen LogP contribution in [0.3, 0.4) is 0 Å². The number of rotatable bonds is 5. The molecule has 0 heterocycles. The van der Waals surface area contributed by atoms with Crippen molar-refractivity contribution in [2.75, 3.05) is 6.61 Å². The minimum atomic E-state index is -0.110. The molecule has 1 fully saturated rings. The van der Waals surface area contributed by atoms with Crippen LogP contribution in [0.15, 0.2) is 0 Å². The second-order valence-electron chi connectivity index (χ2n) is 5.05. The molecule has 112 valence electrons. The van der Waals surface area contributed by atoms with Crippen molar-refractivity contribution in [3.05, 3.63) is 0 Å². The van der Waals surface area contributed by atoms with Crippen LogP contribution in [-0.4, -0.2) is 30.6 Å². The number of amides is 1. The zero-order valence-electron chi connectivity index (χ0n) is 11.7. The zero-order chi connectivity index (χ0) is 13.5. The predicted molar refractivity (Wildman–Crippen MR) is 76.0 cm³/mol. The highest BCUT2D eigenvalue weighted by atomic mass is 35.5. The number of hydrogen-bond acceptors (Lipinski definition) is 4. The van der Waals surface area contributed by atoms with Crippen molar-refractivity contribution in [3.8, 4) is 0 Å². The Hall–Kier alpha value is -0.810. The van der Waals surface area contributed by atoms with Crippen molar-refractivity contribution in [1.82, 2.24) is 5.32 Å². The van der Waals surface area contributed by atoms with Gasteiger partial charge in [-0.25, -0.2) is 0 Å². The van der Waals surface area contributed by atoms with Gasteiger partial charge in [-0.15, -0.1) is 12.4 Å². The van der Waals surface area contributed by atoms with Crippen LogP contribution in [0.1, 0.15) is 46.0 Å². The second kappa shape index (κ2) is 9.15. The van der Waals surface area contributed by atoms with E-state index in [0.717, 1.165) is 25.7 Å².